The van der Waals surface area contributed by atoms with Gasteiger partial charge < -0.3 is 0 Å². The third-order valence-electron chi connectivity index (χ3n) is 4.10. The van der Waals surface area contributed by atoms with Gasteiger partial charge in [0, 0.05) is 0 Å². The predicted molar refractivity (Wildman–Crippen MR) is 68.6 cm³/mol. The van der Waals surface area contributed by atoms with Crippen molar-refractivity contribution in [2.24, 2.45) is 17.8 Å². The van der Waals surface area contributed by atoms with E-state index in [0.717, 1.165) is 11.8 Å². The van der Waals surface area contributed by atoms with E-state index < -0.39 is 0 Å². The summed E-state index contributed by atoms with van der Waals surface area (Å²) in [6.45, 7) is 2.12. The Labute approximate surface area is 102 Å². The van der Waals surface area contributed by atoms with Crippen molar-refractivity contribution in [2.75, 3.05) is 0 Å². The zero-order chi connectivity index (χ0) is 11.1. The Morgan fingerprint density at radius 3 is 2.44 bits per heavy atom. The molecule has 2 bridgehead atoms. The molecule has 0 heterocycles. The summed E-state index contributed by atoms with van der Waals surface area (Å²) in [5.74, 6) is 2.19. The predicted octanol–water partition coefficient (Wildman–Crippen LogP) is 4.49. The molecule has 2 aliphatic carbocycles. The van der Waals surface area contributed by atoms with Crippen LogP contribution < -0.4 is 0 Å². The summed E-state index contributed by atoms with van der Waals surface area (Å²) in [6, 6.07) is 8.69. The molecular formula is C15H17Cl. The molecule has 0 radical (unpaired) electrons. The Kier molecular flexibility index (Phi) is 2.55. The molecule has 84 valence electrons. The van der Waals surface area contributed by atoms with Gasteiger partial charge in [0.1, 0.15) is 0 Å². The molecule has 0 amide bonds. The third-order valence-corrected chi connectivity index (χ3v) is 4.68. The highest BCUT2D eigenvalue weighted by atomic mass is 35.5. The van der Waals surface area contributed by atoms with Crippen LogP contribution in [0.1, 0.15) is 29.3 Å². The molecule has 0 saturated heterocycles. The maximum Gasteiger partial charge on any atom is 0.0619 e. The van der Waals surface area contributed by atoms with Gasteiger partial charge in [0.15, 0.2) is 0 Å². The minimum absolute atomic E-state index is 0.195. The number of alkyl halides is 1. The molecule has 1 aromatic rings. The fourth-order valence-corrected chi connectivity index (χ4v) is 3.59. The maximum absolute atomic E-state index is 6.63. The van der Waals surface area contributed by atoms with Crippen LogP contribution in [0, 0.1) is 24.7 Å². The summed E-state index contributed by atoms with van der Waals surface area (Å²) in [5, 5.41) is 0.195. The molecule has 0 aromatic heterocycles. The number of aryl methyl sites for hydroxylation is 1. The molecule has 1 heteroatoms. The molecule has 3 rings (SSSR count). The molecule has 1 fully saturated rings. The van der Waals surface area contributed by atoms with E-state index in [1.165, 1.54) is 24.0 Å². The number of rotatable bonds is 2. The summed E-state index contributed by atoms with van der Waals surface area (Å²) >= 11 is 6.63. The average molecular weight is 233 g/mol. The number of fused-ring (bicyclic) bond motifs is 2. The smallest absolute Gasteiger partial charge is 0.0619 e. The molecule has 0 nitrogen and oxygen atoms in total. The number of benzene rings is 1. The minimum Gasteiger partial charge on any atom is -0.117 e. The maximum atomic E-state index is 6.63. The lowest BCUT2D eigenvalue weighted by molar-refractivity contribution is 0.433. The first kappa shape index (κ1) is 10.4. The van der Waals surface area contributed by atoms with E-state index in [-0.39, 0.29) is 5.38 Å². The van der Waals surface area contributed by atoms with Crippen molar-refractivity contribution in [3.05, 3.63) is 47.5 Å². The first-order valence-corrected chi connectivity index (χ1v) is 6.56. The van der Waals surface area contributed by atoms with Crippen LogP contribution in [0.2, 0.25) is 0 Å². The number of hydrogen-bond donors (Lipinski definition) is 0. The van der Waals surface area contributed by atoms with Crippen LogP contribution in [0.5, 0.6) is 0 Å². The van der Waals surface area contributed by atoms with Crippen LogP contribution in [-0.2, 0) is 0 Å². The van der Waals surface area contributed by atoms with Crippen LogP contribution in [0.3, 0.4) is 0 Å². The molecular weight excluding hydrogens is 216 g/mol. The van der Waals surface area contributed by atoms with Gasteiger partial charge in [-0.05, 0) is 43.1 Å². The summed E-state index contributed by atoms with van der Waals surface area (Å²) in [6.07, 6.45) is 7.37. The lowest BCUT2D eigenvalue weighted by Gasteiger charge is -2.24. The summed E-state index contributed by atoms with van der Waals surface area (Å²) in [4.78, 5) is 0. The number of allylic oxidation sites excluding steroid dienone is 2. The largest absolute Gasteiger partial charge is 0.117 e. The first-order chi connectivity index (χ1) is 7.74. The molecule has 0 spiro atoms. The van der Waals surface area contributed by atoms with Crippen LogP contribution in [-0.4, -0.2) is 0 Å². The highest BCUT2D eigenvalue weighted by molar-refractivity contribution is 6.21. The van der Waals surface area contributed by atoms with Gasteiger partial charge in [-0.2, -0.15) is 0 Å². The number of hydrogen-bond acceptors (Lipinski definition) is 0. The quantitative estimate of drug-likeness (QED) is 0.521. The second kappa shape index (κ2) is 3.92. The van der Waals surface area contributed by atoms with E-state index in [2.05, 4.69) is 43.3 Å². The van der Waals surface area contributed by atoms with Gasteiger partial charge in [0.25, 0.3) is 0 Å². The third kappa shape index (κ3) is 1.69. The molecule has 0 N–H and O–H groups in total. The highest BCUT2D eigenvalue weighted by Gasteiger charge is 2.39. The van der Waals surface area contributed by atoms with Crippen LogP contribution >= 0.6 is 11.6 Å². The van der Waals surface area contributed by atoms with Crippen LogP contribution in [0.15, 0.2) is 36.4 Å². The van der Waals surface area contributed by atoms with E-state index in [0.29, 0.717) is 5.92 Å². The van der Waals surface area contributed by atoms with E-state index in [4.69, 9.17) is 11.6 Å². The second-order valence-electron chi connectivity index (χ2n) is 5.26. The average Bonchev–Trinajstić information content (AvgIpc) is 2.91. The Morgan fingerprint density at radius 1 is 1.12 bits per heavy atom. The normalized spacial score (nSPS) is 33.2. The molecule has 4 atom stereocenters. The van der Waals surface area contributed by atoms with E-state index in [1.807, 2.05) is 0 Å². The van der Waals surface area contributed by atoms with Gasteiger partial charge in [0.2, 0.25) is 0 Å². The first-order valence-electron chi connectivity index (χ1n) is 6.13. The van der Waals surface area contributed by atoms with E-state index in [1.54, 1.807) is 0 Å². The topological polar surface area (TPSA) is 0 Å². The van der Waals surface area contributed by atoms with Crippen molar-refractivity contribution in [1.82, 2.24) is 0 Å². The van der Waals surface area contributed by atoms with Crippen molar-refractivity contribution in [1.29, 1.82) is 0 Å². The zero-order valence-electron chi connectivity index (χ0n) is 9.57. The Hall–Kier alpha value is -0.750. The van der Waals surface area contributed by atoms with Gasteiger partial charge in [-0.3, -0.25) is 0 Å². The lowest BCUT2D eigenvalue weighted by atomic mass is 9.87. The van der Waals surface area contributed by atoms with Gasteiger partial charge in [-0.25, -0.2) is 0 Å². The van der Waals surface area contributed by atoms with Crippen molar-refractivity contribution in [3.63, 3.8) is 0 Å². The van der Waals surface area contributed by atoms with Crippen LogP contribution in [0.25, 0.3) is 0 Å². The second-order valence-corrected chi connectivity index (χ2v) is 5.73. The summed E-state index contributed by atoms with van der Waals surface area (Å²) < 4.78 is 0. The Balaban J connectivity index is 1.80. The fourth-order valence-electron chi connectivity index (χ4n) is 3.16. The molecule has 4 unspecified atom stereocenters. The Morgan fingerprint density at radius 2 is 1.88 bits per heavy atom. The molecule has 16 heavy (non-hydrogen) atoms. The van der Waals surface area contributed by atoms with Crippen molar-refractivity contribution < 1.29 is 0 Å². The SMILES string of the molecule is Cc1ccc(C(Cl)C2CC3C=CC2C3)cc1. The van der Waals surface area contributed by atoms with E-state index >= 15 is 0 Å². The zero-order valence-corrected chi connectivity index (χ0v) is 10.3. The molecule has 1 saturated carbocycles. The summed E-state index contributed by atoms with van der Waals surface area (Å²) in [7, 11) is 0. The van der Waals surface area contributed by atoms with Crippen molar-refractivity contribution in [3.8, 4) is 0 Å². The molecule has 1 aromatic carbocycles. The van der Waals surface area contributed by atoms with Gasteiger partial charge in [0.05, 0.1) is 5.38 Å². The summed E-state index contributed by atoms with van der Waals surface area (Å²) in [5.41, 5.74) is 2.60. The lowest BCUT2D eigenvalue weighted by Crippen LogP contribution is -2.13. The monoisotopic (exact) mass is 232 g/mol. The fraction of sp³-hybridized carbons (Fsp3) is 0.467. The highest BCUT2D eigenvalue weighted by Crippen LogP contribution is 2.50. The minimum atomic E-state index is 0.195. The van der Waals surface area contributed by atoms with Gasteiger partial charge in [-0.15, -0.1) is 11.6 Å². The van der Waals surface area contributed by atoms with Crippen molar-refractivity contribution >= 4 is 11.6 Å². The van der Waals surface area contributed by atoms with Crippen molar-refractivity contribution in [2.45, 2.75) is 25.1 Å². The molecule has 2 aliphatic rings. The standard InChI is InChI=1S/C15H17Cl/c1-10-2-5-12(6-3-10)15(16)14-9-11-4-7-13(14)8-11/h2-7,11,13-15H,8-9H2,1H3. The van der Waals surface area contributed by atoms with Gasteiger partial charge in [-0.1, -0.05) is 42.0 Å². The Bertz CT molecular complexity index is 404. The van der Waals surface area contributed by atoms with Crippen LogP contribution in [0.4, 0.5) is 0 Å². The van der Waals surface area contributed by atoms with Gasteiger partial charge >= 0.3 is 0 Å². The van der Waals surface area contributed by atoms with E-state index in [9.17, 15) is 0 Å². The molecule has 0 aliphatic heterocycles. The number of halogens is 1.